The lowest BCUT2D eigenvalue weighted by molar-refractivity contribution is -0.00872. The maximum atomic E-state index is 8.67. The molecule has 0 radical (unpaired) electrons. The molecule has 0 saturated heterocycles. The van der Waals surface area contributed by atoms with Crippen LogP contribution in [-0.4, -0.2) is 17.1 Å². The summed E-state index contributed by atoms with van der Waals surface area (Å²) < 4.78 is 5.71. The van der Waals surface area contributed by atoms with Crippen LogP contribution < -0.4 is 5.73 Å². The van der Waals surface area contributed by atoms with E-state index in [9.17, 15) is 0 Å². The van der Waals surface area contributed by atoms with Gasteiger partial charge in [-0.3, -0.25) is 0 Å². The van der Waals surface area contributed by atoms with Gasteiger partial charge < -0.3 is 15.7 Å². The van der Waals surface area contributed by atoms with Crippen LogP contribution in [0.4, 0.5) is 0 Å². The number of ether oxygens (including phenoxy) is 1. The molecule has 0 spiro atoms. The summed E-state index contributed by atoms with van der Waals surface area (Å²) in [6.07, 6.45) is 3.93. The Bertz CT molecular complexity index is 386. The summed E-state index contributed by atoms with van der Waals surface area (Å²) >= 11 is 0. The Hall–Kier alpha value is -1.55. The van der Waals surface area contributed by atoms with Crippen LogP contribution in [0.5, 0.6) is 0 Å². The number of benzene rings is 1. The predicted molar refractivity (Wildman–Crippen MR) is 61.4 cm³/mol. The summed E-state index contributed by atoms with van der Waals surface area (Å²) in [5, 5.41) is 11.7. The molecule has 0 aliphatic heterocycles. The summed E-state index contributed by atoms with van der Waals surface area (Å²) in [7, 11) is 0. The number of amidine groups is 1. The van der Waals surface area contributed by atoms with Crippen molar-refractivity contribution in [2.75, 3.05) is 0 Å². The van der Waals surface area contributed by atoms with Gasteiger partial charge in [0, 0.05) is 5.56 Å². The fourth-order valence-electron chi connectivity index (χ4n) is 1.70. The molecule has 0 atom stereocenters. The van der Waals surface area contributed by atoms with Crippen molar-refractivity contribution >= 4 is 5.84 Å². The molecule has 2 rings (SSSR count). The van der Waals surface area contributed by atoms with Gasteiger partial charge in [-0.05, 0) is 24.8 Å². The monoisotopic (exact) mass is 220 g/mol. The second-order valence-electron chi connectivity index (χ2n) is 4.01. The van der Waals surface area contributed by atoms with Crippen LogP contribution in [0.2, 0.25) is 0 Å². The van der Waals surface area contributed by atoms with Crippen LogP contribution in [0.15, 0.2) is 29.4 Å². The molecule has 1 aliphatic rings. The van der Waals surface area contributed by atoms with E-state index in [4.69, 9.17) is 15.7 Å². The second-order valence-corrected chi connectivity index (χ2v) is 4.01. The standard InChI is InChI=1S/C12H16N2O2/c13-12(14-15)11-7-2-1-4-9(11)8-16-10-5-3-6-10/h1-2,4,7,10,15H,3,5-6,8H2,(H2,13,14). The average Bonchev–Trinajstić information content (AvgIpc) is 2.26. The van der Waals surface area contributed by atoms with Gasteiger partial charge in [0.15, 0.2) is 5.84 Å². The third-order valence-corrected chi connectivity index (χ3v) is 2.93. The SMILES string of the molecule is NC(=NO)c1ccccc1COC1CCC1. The van der Waals surface area contributed by atoms with E-state index in [0.29, 0.717) is 12.7 Å². The van der Waals surface area contributed by atoms with E-state index in [0.717, 1.165) is 24.0 Å². The van der Waals surface area contributed by atoms with Crippen LogP contribution in [0.3, 0.4) is 0 Å². The minimum absolute atomic E-state index is 0.132. The molecule has 0 amide bonds. The average molecular weight is 220 g/mol. The largest absolute Gasteiger partial charge is 0.409 e. The maximum Gasteiger partial charge on any atom is 0.170 e. The normalized spacial score (nSPS) is 17.1. The van der Waals surface area contributed by atoms with Gasteiger partial charge in [0.1, 0.15) is 0 Å². The molecule has 0 bridgehead atoms. The molecule has 86 valence electrons. The molecule has 1 aromatic rings. The lowest BCUT2D eigenvalue weighted by Crippen LogP contribution is -2.22. The summed E-state index contributed by atoms with van der Waals surface area (Å²) in [5.41, 5.74) is 7.30. The van der Waals surface area contributed by atoms with Crippen molar-refractivity contribution in [3.63, 3.8) is 0 Å². The molecule has 1 saturated carbocycles. The van der Waals surface area contributed by atoms with Crippen LogP contribution in [0.25, 0.3) is 0 Å². The first-order valence-corrected chi connectivity index (χ1v) is 5.48. The van der Waals surface area contributed by atoms with Gasteiger partial charge in [0.2, 0.25) is 0 Å². The molecule has 1 aromatic carbocycles. The van der Waals surface area contributed by atoms with Crippen molar-refractivity contribution in [1.82, 2.24) is 0 Å². The fourth-order valence-corrected chi connectivity index (χ4v) is 1.70. The lowest BCUT2D eigenvalue weighted by Gasteiger charge is -2.25. The van der Waals surface area contributed by atoms with Crippen LogP contribution in [0.1, 0.15) is 30.4 Å². The molecule has 4 nitrogen and oxygen atoms in total. The highest BCUT2D eigenvalue weighted by molar-refractivity contribution is 5.98. The third kappa shape index (κ3) is 2.33. The van der Waals surface area contributed by atoms with Gasteiger partial charge in [0.05, 0.1) is 12.7 Å². The topological polar surface area (TPSA) is 67.8 Å². The number of nitrogens with two attached hydrogens (primary N) is 1. The zero-order valence-corrected chi connectivity index (χ0v) is 9.10. The number of hydrogen-bond acceptors (Lipinski definition) is 3. The molecule has 0 unspecified atom stereocenters. The number of hydrogen-bond donors (Lipinski definition) is 2. The van der Waals surface area contributed by atoms with E-state index < -0.39 is 0 Å². The van der Waals surface area contributed by atoms with E-state index in [1.54, 1.807) is 0 Å². The first-order chi connectivity index (χ1) is 7.81. The molecular weight excluding hydrogens is 204 g/mol. The summed E-state index contributed by atoms with van der Waals surface area (Å²) in [6.45, 7) is 0.525. The predicted octanol–water partition coefficient (Wildman–Crippen LogP) is 1.85. The van der Waals surface area contributed by atoms with Crippen LogP contribution in [0, 0.1) is 0 Å². The zero-order valence-electron chi connectivity index (χ0n) is 9.10. The Labute approximate surface area is 94.7 Å². The highest BCUT2D eigenvalue weighted by atomic mass is 16.5. The molecule has 1 aliphatic carbocycles. The number of oxime groups is 1. The van der Waals surface area contributed by atoms with Gasteiger partial charge in [-0.1, -0.05) is 29.4 Å². The van der Waals surface area contributed by atoms with E-state index in [2.05, 4.69) is 5.16 Å². The van der Waals surface area contributed by atoms with Gasteiger partial charge in [0.25, 0.3) is 0 Å². The van der Waals surface area contributed by atoms with Crippen molar-refractivity contribution in [2.24, 2.45) is 10.9 Å². The van der Waals surface area contributed by atoms with Gasteiger partial charge in [-0.15, -0.1) is 0 Å². The summed E-state index contributed by atoms with van der Waals surface area (Å²) in [5.74, 6) is 0.132. The number of rotatable bonds is 4. The van der Waals surface area contributed by atoms with Gasteiger partial charge in [-0.25, -0.2) is 0 Å². The minimum atomic E-state index is 0.132. The molecular formula is C12H16N2O2. The number of nitrogens with zero attached hydrogens (tertiary/aromatic N) is 1. The Morgan fingerprint density at radius 2 is 2.19 bits per heavy atom. The Balaban J connectivity index is 2.06. The first-order valence-electron chi connectivity index (χ1n) is 5.48. The quantitative estimate of drug-likeness (QED) is 0.352. The van der Waals surface area contributed by atoms with Gasteiger partial charge in [-0.2, -0.15) is 0 Å². The molecule has 0 heterocycles. The first kappa shape index (κ1) is 11.0. The molecule has 4 heteroatoms. The molecule has 16 heavy (non-hydrogen) atoms. The fraction of sp³-hybridized carbons (Fsp3) is 0.417. The van der Waals surface area contributed by atoms with E-state index in [-0.39, 0.29) is 5.84 Å². The highest BCUT2D eigenvalue weighted by Gasteiger charge is 2.18. The van der Waals surface area contributed by atoms with Crippen LogP contribution in [-0.2, 0) is 11.3 Å². The van der Waals surface area contributed by atoms with Crippen molar-refractivity contribution in [3.8, 4) is 0 Å². The van der Waals surface area contributed by atoms with Crippen molar-refractivity contribution in [3.05, 3.63) is 35.4 Å². The van der Waals surface area contributed by atoms with Crippen LogP contribution >= 0.6 is 0 Å². The minimum Gasteiger partial charge on any atom is -0.409 e. The second kappa shape index (κ2) is 4.99. The maximum absolute atomic E-state index is 8.67. The molecule has 1 fully saturated rings. The van der Waals surface area contributed by atoms with E-state index in [1.165, 1.54) is 6.42 Å². The Kier molecular flexibility index (Phi) is 3.41. The van der Waals surface area contributed by atoms with E-state index in [1.807, 2.05) is 24.3 Å². The summed E-state index contributed by atoms with van der Waals surface area (Å²) in [4.78, 5) is 0. The molecule has 3 N–H and O–H groups in total. The Morgan fingerprint density at radius 1 is 1.44 bits per heavy atom. The van der Waals surface area contributed by atoms with E-state index >= 15 is 0 Å². The Morgan fingerprint density at radius 3 is 2.81 bits per heavy atom. The highest BCUT2D eigenvalue weighted by Crippen LogP contribution is 2.23. The smallest absolute Gasteiger partial charge is 0.170 e. The van der Waals surface area contributed by atoms with Crippen molar-refractivity contribution < 1.29 is 9.94 Å². The zero-order chi connectivity index (χ0) is 11.4. The summed E-state index contributed by atoms with van der Waals surface area (Å²) in [6, 6.07) is 7.55. The van der Waals surface area contributed by atoms with Crippen molar-refractivity contribution in [1.29, 1.82) is 0 Å². The van der Waals surface area contributed by atoms with Crippen molar-refractivity contribution in [2.45, 2.75) is 32.0 Å². The molecule has 0 aromatic heterocycles. The third-order valence-electron chi connectivity index (χ3n) is 2.93. The lowest BCUT2D eigenvalue weighted by atomic mass is 9.96. The van der Waals surface area contributed by atoms with Gasteiger partial charge >= 0.3 is 0 Å².